The second-order valence-corrected chi connectivity index (χ2v) is 5.08. The fourth-order valence-electron chi connectivity index (χ4n) is 1.74. The Hall–Kier alpha value is -1.50. The van der Waals surface area contributed by atoms with E-state index in [4.69, 9.17) is 0 Å². The number of hydrogen-bond acceptors (Lipinski definition) is 5. The Bertz CT molecular complexity index is 451. The van der Waals surface area contributed by atoms with Crippen LogP contribution >= 0.6 is 11.5 Å². The van der Waals surface area contributed by atoms with Crippen LogP contribution in [-0.2, 0) is 4.79 Å². The summed E-state index contributed by atoms with van der Waals surface area (Å²) in [6.45, 7) is 2.75. The number of aromatic nitrogens is 2. The van der Waals surface area contributed by atoms with E-state index in [0.29, 0.717) is 23.7 Å². The fraction of sp³-hybridized carbons (Fsp3) is 0.600. The summed E-state index contributed by atoms with van der Waals surface area (Å²) in [4.78, 5) is 27.4. The third-order valence-electron chi connectivity index (χ3n) is 2.80. The lowest BCUT2D eigenvalue weighted by Gasteiger charge is -2.39. The molecule has 0 saturated carbocycles. The van der Waals surface area contributed by atoms with Crippen LogP contribution in [-0.4, -0.2) is 58.4 Å². The maximum atomic E-state index is 12.0. The van der Waals surface area contributed by atoms with E-state index in [-0.39, 0.29) is 17.7 Å². The Morgan fingerprint density at radius 1 is 1.41 bits per heavy atom. The first-order valence-corrected chi connectivity index (χ1v) is 6.07. The van der Waals surface area contributed by atoms with E-state index < -0.39 is 0 Å². The minimum atomic E-state index is -0.0692. The van der Waals surface area contributed by atoms with Crippen molar-refractivity contribution in [1.29, 1.82) is 0 Å². The number of likely N-dealkylation sites (tertiary alicyclic amines) is 1. The SMILES string of the molecule is Cc1nnsc1C(=O)N1CC(C(=O)N(C)C)C1. The lowest BCUT2D eigenvalue weighted by molar-refractivity contribution is -0.137. The summed E-state index contributed by atoms with van der Waals surface area (Å²) in [6.07, 6.45) is 0. The molecule has 92 valence electrons. The van der Waals surface area contributed by atoms with Gasteiger partial charge in [0.1, 0.15) is 4.88 Å². The molecule has 1 aliphatic rings. The minimum absolute atomic E-state index is 0.0601. The first-order chi connectivity index (χ1) is 8.00. The van der Waals surface area contributed by atoms with Gasteiger partial charge in [-0.05, 0) is 18.5 Å². The number of hydrogen-bond donors (Lipinski definition) is 0. The van der Waals surface area contributed by atoms with E-state index in [1.807, 2.05) is 0 Å². The summed E-state index contributed by atoms with van der Waals surface area (Å²) in [6, 6.07) is 0. The highest BCUT2D eigenvalue weighted by atomic mass is 32.1. The second-order valence-electron chi connectivity index (χ2n) is 4.33. The Morgan fingerprint density at radius 3 is 2.53 bits per heavy atom. The summed E-state index contributed by atoms with van der Waals surface area (Å²) in [5.74, 6) is -0.0522. The van der Waals surface area contributed by atoms with Crippen molar-refractivity contribution in [3.8, 4) is 0 Å². The number of carbonyl (C=O) groups is 2. The minimum Gasteiger partial charge on any atom is -0.348 e. The van der Waals surface area contributed by atoms with Gasteiger partial charge in [0, 0.05) is 27.2 Å². The van der Waals surface area contributed by atoms with Crippen LogP contribution in [0.2, 0.25) is 0 Å². The molecule has 0 radical (unpaired) electrons. The van der Waals surface area contributed by atoms with E-state index in [0.717, 1.165) is 11.5 Å². The lowest BCUT2D eigenvalue weighted by Crippen LogP contribution is -2.55. The molecular weight excluding hydrogens is 240 g/mol. The van der Waals surface area contributed by atoms with Crippen LogP contribution < -0.4 is 0 Å². The average Bonchev–Trinajstić information content (AvgIpc) is 2.61. The molecule has 1 aliphatic heterocycles. The van der Waals surface area contributed by atoms with E-state index in [2.05, 4.69) is 9.59 Å². The van der Waals surface area contributed by atoms with Crippen LogP contribution in [0.4, 0.5) is 0 Å². The normalized spacial score (nSPS) is 15.6. The molecule has 17 heavy (non-hydrogen) atoms. The zero-order chi connectivity index (χ0) is 12.6. The zero-order valence-corrected chi connectivity index (χ0v) is 10.8. The van der Waals surface area contributed by atoms with Crippen molar-refractivity contribution < 1.29 is 9.59 Å². The van der Waals surface area contributed by atoms with Crippen LogP contribution in [0, 0.1) is 12.8 Å². The molecule has 2 amide bonds. The molecule has 1 aromatic heterocycles. The Morgan fingerprint density at radius 2 is 2.06 bits per heavy atom. The predicted molar refractivity (Wildman–Crippen MR) is 62.7 cm³/mol. The van der Waals surface area contributed by atoms with Crippen LogP contribution in [0.3, 0.4) is 0 Å². The molecule has 0 unspecified atom stereocenters. The molecule has 6 nitrogen and oxygen atoms in total. The smallest absolute Gasteiger partial charge is 0.267 e. The molecule has 0 bridgehead atoms. The highest BCUT2D eigenvalue weighted by Gasteiger charge is 2.37. The number of rotatable bonds is 2. The molecular formula is C10H14N4O2S. The maximum Gasteiger partial charge on any atom is 0.267 e. The number of aryl methyl sites for hydroxylation is 1. The largest absolute Gasteiger partial charge is 0.348 e. The summed E-state index contributed by atoms with van der Waals surface area (Å²) in [7, 11) is 3.45. The van der Waals surface area contributed by atoms with Crippen molar-refractivity contribution in [1.82, 2.24) is 19.4 Å². The third-order valence-corrected chi connectivity index (χ3v) is 3.62. The van der Waals surface area contributed by atoms with E-state index in [1.165, 1.54) is 0 Å². The molecule has 0 spiro atoms. The molecule has 1 saturated heterocycles. The van der Waals surface area contributed by atoms with Gasteiger partial charge in [0.25, 0.3) is 5.91 Å². The first-order valence-electron chi connectivity index (χ1n) is 5.30. The standard InChI is InChI=1S/C10H14N4O2S/c1-6-8(17-12-11-6)10(16)14-4-7(5-14)9(15)13(2)3/h7H,4-5H2,1-3H3. The molecule has 1 fully saturated rings. The molecule has 2 rings (SSSR count). The molecule has 1 aromatic rings. The van der Waals surface area contributed by atoms with Gasteiger partial charge in [-0.1, -0.05) is 4.49 Å². The molecule has 0 N–H and O–H groups in total. The van der Waals surface area contributed by atoms with E-state index in [9.17, 15) is 9.59 Å². The molecule has 0 atom stereocenters. The number of nitrogens with zero attached hydrogens (tertiary/aromatic N) is 4. The van der Waals surface area contributed by atoms with Gasteiger partial charge in [0.05, 0.1) is 11.6 Å². The Labute approximate surface area is 103 Å². The second kappa shape index (κ2) is 4.40. The first kappa shape index (κ1) is 12.0. The van der Waals surface area contributed by atoms with E-state index >= 15 is 0 Å². The van der Waals surface area contributed by atoms with Gasteiger partial charge in [-0.3, -0.25) is 9.59 Å². The Kier molecular flexibility index (Phi) is 3.10. The van der Waals surface area contributed by atoms with Gasteiger partial charge in [-0.25, -0.2) is 0 Å². The molecule has 0 aromatic carbocycles. The van der Waals surface area contributed by atoms with Gasteiger partial charge in [-0.2, -0.15) is 0 Å². The molecule has 0 aliphatic carbocycles. The van der Waals surface area contributed by atoms with Crippen molar-refractivity contribution in [3.63, 3.8) is 0 Å². The van der Waals surface area contributed by atoms with Crippen molar-refractivity contribution >= 4 is 23.3 Å². The van der Waals surface area contributed by atoms with Gasteiger partial charge in [0.2, 0.25) is 5.91 Å². The quantitative estimate of drug-likeness (QED) is 0.745. The number of carbonyl (C=O) groups excluding carboxylic acids is 2. The highest BCUT2D eigenvalue weighted by Crippen LogP contribution is 2.22. The average molecular weight is 254 g/mol. The van der Waals surface area contributed by atoms with Gasteiger partial charge in [0.15, 0.2) is 0 Å². The van der Waals surface area contributed by atoms with Crippen LogP contribution in [0.1, 0.15) is 15.4 Å². The number of amides is 2. The third kappa shape index (κ3) is 2.14. The summed E-state index contributed by atoms with van der Waals surface area (Å²) in [5.41, 5.74) is 0.655. The topological polar surface area (TPSA) is 66.4 Å². The molecule has 7 heteroatoms. The molecule has 2 heterocycles. The van der Waals surface area contributed by atoms with Crippen molar-refractivity contribution in [2.24, 2.45) is 5.92 Å². The van der Waals surface area contributed by atoms with Crippen molar-refractivity contribution in [2.45, 2.75) is 6.92 Å². The lowest BCUT2D eigenvalue weighted by atomic mass is 9.98. The summed E-state index contributed by atoms with van der Waals surface area (Å²) >= 11 is 1.10. The maximum absolute atomic E-state index is 12.0. The van der Waals surface area contributed by atoms with Crippen molar-refractivity contribution in [2.75, 3.05) is 27.2 Å². The van der Waals surface area contributed by atoms with Crippen LogP contribution in [0.15, 0.2) is 0 Å². The van der Waals surface area contributed by atoms with Crippen molar-refractivity contribution in [3.05, 3.63) is 10.6 Å². The highest BCUT2D eigenvalue weighted by molar-refractivity contribution is 7.07. The summed E-state index contributed by atoms with van der Waals surface area (Å²) < 4.78 is 3.73. The van der Waals surface area contributed by atoms with Crippen LogP contribution in [0.5, 0.6) is 0 Å². The zero-order valence-electron chi connectivity index (χ0n) is 10.0. The van der Waals surface area contributed by atoms with E-state index in [1.54, 1.807) is 30.8 Å². The van der Waals surface area contributed by atoms with Gasteiger partial charge >= 0.3 is 0 Å². The van der Waals surface area contributed by atoms with Crippen LogP contribution in [0.25, 0.3) is 0 Å². The van der Waals surface area contributed by atoms with Gasteiger partial charge < -0.3 is 9.80 Å². The summed E-state index contributed by atoms with van der Waals surface area (Å²) in [5, 5.41) is 3.81. The van der Waals surface area contributed by atoms with Gasteiger partial charge in [-0.15, -0.1) is 5.10 Å². The monoisotopic (exact) mass is 254 g/mol. The Balaban J connectivity index is 1.95. The fourth-order valence-corrected chi connectivity index (χ4v) is 2.36. The predicted octanol–water partition coefficient (Wildman–Crippen LogP) is 0.00672.